The van der Waals surface area contributed by atoms with Crippen LogP contribution in [0.5, 0.6) is 0 Å². The molecule has 0 amide bonds. The van der Waals surface area contributed by atoms with Crippen molar-refractivity contribution in [1.29, 1.82) is 0 Å². The molecule has 2 saturated heterocycles. The molecular formula is C13H13N3O8. The van der Waals surface area contributed by atoms with Crippen molar-refractivity contribution in [2.75, 3.05) is 12.1 Å². The van der Waals surface area contributed by atoms with Crippen LogP contribution in [0.1, 0.15) is 6.23 Å². The average Bonchev–Trinajstić information content (AvgIpc) is 3.10. The van der Waals surface area contributed by atoms with Crippen LogP contribution in [0.25, 0.3) is 0 Å². The van der Waals surface area contributed by atoms with Crippen LogP contribution in [0.15, 0.2) is 29.7 Å². The third-order valence-electron chi connectivity index (χ3n) is 3.53. The normalized spacial score (nSPS) is 27.8. The standard InChI is InChI=1S/C13H13N3O8/c1-2-8(17)21-5-6-9-10(24-13(19)23-9)11(22-6)16-4-3-7(15-20)14-12(16)18/h2-4,6,9-11,20H,1,5H2,(H,14,15,18)/t6-,9-,10-,11-/m1/s1. The van der Waals surface area contributed by atoms with E-state index in [1.165, 1.54) is 12.3 Å². The summed E-state index contributed by atoms with van der Waals surface area (Å²) in [6.07, 6.45) is -2.21. The molecule has 0 bridgehead atoms. The molecule has 24 heavy (non-hydrogen) atoms. The second-order valence-corrected chi connectivity index (χ2v) is 4.93. The fraction of sp³-hybridized carbons (Fsp3) is 0.385. The van der Waals surface area contributed by atoms with Gasteiger partial charge in [-0.15, -0.1) is 0 Å². The third kappa shape index (κ3) is 2.81. The highest BCUT2D eigenvalue weighted by Gasteiger charge is 2.55. The fourth-order valence-electron chi connectivity index (χ4n) is 2.48. The summed E-state index contributed by atoms with van der Waals surface area (Å²) in [6, 6.07) is 1.32. The summed E-state index contributed by atoms with van der Waals surface area (Å²) in [6.45, 7) is 3.06. The lowest BCUT2D eigenvalue weighted by Gasteiger charge is -2.18. The summed E-state index contributed by atoms with van der Waals surface area (Å²) in [5.74, 6) is -0.719. The molecule has 11 nitrogen and oxygen atoms in total. The van der Waals surface area contributed by atoms with Crippen LogP contribution >= 0.6 is 0 Å². The van der Waals surface area contributed by atoms with Gasteiger partial charge in [0, 0.05) is 12.3 Å². The fourth-order valence-corrected chi connectivity index (χ4v) is 2.48. The molecule has 2 fully saturated rings. The number of carbonyl (C=O) groups excluding carboxylic acids is 2. The van der Waals surface area contributed by atoms with Gasteiger partial charge in [0.25, 0.3) is 0 Å². The van der Waals surface area contributed by atoms with Crippen molar-refractivity contribution in [1.82, 2.24) is 9.55 Å². The van der Waals surface area contributed by atoms with Gasteiger partial charge in [0.05, 0.1) is 0 Å². The van der Waals surface area contributed by atoms with E-state index in [0.29, 0.717) is 0 Å². The Labute approximate surface area is 134 Å². The summed E-state index contributed by atoms with van der Waals surface area (Å²) in [5.41, 5.74) is 0.999. The number of fused-ring (bicyclic) bond motifs is 1. The molecule has 0 aliphatic carbocycles. The summed E-state index contributed by atoms with van der Waals surface area (Å²) in [7, 11) is 0. The number of hydrogen-bond acceptors (Lipinski definition) is 10. The monoisotopic (exact) mass is 339 g/mol. The number of carbonyl (C=O) groups is 2. The number of rotatable bonds is 5. The average molecular weight is 339 g/mol. The van der Waals surface area contributed by atoms with Crippen LogP contribution in [0, 0.1) is 0 Å². The molecule has 3 heterocycles. The van der Waals surface area contributed by atoms with E-state index in [-0.39, 0.29) is 12.4 Å². The largest absolute Gasteiger partial charge is 0.509 e. The lowest BCUT2D eigenvalue weighted by molar-refractivity contribution is -0.145. The van der Waals surface area contributed by atoms with E-state index in [9.17, 15) is 14.4 Å². The molecule has 2 aliphatic heterocycles. The zero-order chi connectivity index (χ0) is 17.3. The lowest BCUT2D eigenvalue weighted by atomic mass is 10.1. The first-order valence-electron chi connectivity index (χ1n) is 6.84. The molecule has 0 spiro atoms. The minimum absolute atomic E-state index is 0.0538. The van der Waals surface area contributed by atoms with Crippen LogP contribution in [0.3, 0.4) is 0 Å². The highest BCUT2D eigenvalue weighted by molar-refractivity contribution is 5.81. The van der Waals surface area contributed by atoms with Crippen molar-refractivity contribution in [2.45, 2.75) is 24.5 Å². The van der Waals surface area contributed by atoms with Crippen molar-refractivity contribution < 1.29 is 33.7 Å². The molecule has 0 radical (unpaired) electrons. The Balaban J connectivity index is 1.83. The molecule has 1 aromatic heterocycles. The Bertz CT molecular complexity index is 732. The van der Waals surface area contributed by atoms with Crippen LogP contribution < -0.4 is 11.2 Å². The Morgan fingerprint density at radius 1 is 1.46 bits per heavy atom. The highest BCUT2D eigenvalue weighted by atomic mass is 16.8. The number of anilines is 1. The van der Waals surface area contributed by atoms with Crippen LogP contribution in [0.4, 0.5) is 10.6 Å². The molecule has 0 unspecified atom stereocenters. The van der Waals surface area contributed by atoms with E-state index in [2.05, 4.69) is 11.6 Å². The molecule has 128 valence electrons. The SMILES string of the molecule is C=CC(=O)OC[C@H]1O[C@@H](n2ccc(NO)nc2=O)[C@@H]2OC(=O)O[C@@H]21. The number of ether oxygens (including phenoxy) is 4. The molecule has 1 aromatic rings. The van der Waals surface area contributed by atoms with Gasteiger partial charge in [-0.25, -0.2) is 14.4 Å². The summed E-state index contributed by atoms with van der Waals surface area (Å²) in [4.78, 5) is 38.1. The number of nitrogens with one attached hydrogen (secondary N) is 1. The third-order valence-corrected chi connectivity index (χ3v) is 3.53. The summed E-state index contributed by atoms with van der Waals surface area (Å²) in [5, 5.41) is 8.75. The zero-order valence-corrected chi connectivity index (χ0v) is 12.2. The summed E-state index contributed by atoms with van der Waals surface area (Å²) >= 11 is 0. The topological polar surface area (TPSA) is 138 Å². The maximum absolute atomic E-state index is 12.0. The van der Waals surface area contributed by atoms with Gasteiger partial charge in [0.1, 0.15) is 12.7 Å². The predicted molar refractivity (Wildman–Crippen MR) is 74.1 cm³/mol. The molecule has 0 saturated carbocycles. The summed E-state index contributed by atoms with van der Waals surface area (Å²) < 4.78 is 21.6. The number of aromatic nitrogens is 2. The molecular weight excluding hydrogens is 326 g/mol. The van der Waals surface area contributed by atoms with Gasteiger partial charge in [-0.3, -0.25) is 15.3 Å². The van der Waals surface area contributed by atoms with Crippen molar-refractivity contribution >= 4 is 17.9 Å². The van der Waals surface area contributed by atoms with Gasteiger partial charge < -0.3 is 18.9 Å². The van der Waals surface area contributed by atoms with E-state index in [0.717, 1.165) is 10.6 Å². The van der Waals surface area contributed by atoms with Gasteiger partial charge in [-0.1, -0.05) is 6.58 Å². The van der Waals surface area contributed by atoms with Crippen molar-refractivity contribution in [3.8, 4) is 0 Å². The predicted octanol–water partition coefficient (Wildman–Crippen LogP) is -0.425. The number of esters is 1. The van der Waals surface area contributed by atoms with Crippen LogP contribution in [-0.2, 0) is 23.7 Å². The van der Waals surface area contributed by atoms with E-state index in [4.69, 9.17) is 24.2 Å². The first-order valence-corrected chi connectivity index (χ1v) is 6.84. The molecule has 0 aromatic carbocycles. The highest BCUT2D eigenvalue weighted by Crippen LogP contribution is 2.37. The second-order valence-electron chi connectivity index (χ2n) is 4.93. The Kier molecular flexibility index (Phi) is 4.18. The van der Waals surface area contributed by atoms with Gasteiger partial charge in [0.2, 0.25) is 0 Å². The van der Waals surface area contributed by atoms with Gasteiger partial charge in [0.15, 0.2) is 24.3 Å². The molecule has 4 atom stereocenters. The number of hydrogen-bond donors (Lipinski definition) is 2. The molecule has 11 heteroatoms. The quantitative estimate of drug-likeness (QED) is 0.413. The molecule has 3 rings (SSSR count). The molecule has 2 aliphatic rings. The maximum Gasteiger partial charge on any atom is 0.509 e. The zero-order valence-electron chi connectivity index (χ0n) is 12.2. The smallest absolute Gasteiger partial charge is 0.460 e. The Morgan fingerprint density at radius 3 is 2.88 bits per heavy atom. The van der Waals surface area contributed by atoms with Crippen LogP contribution in [-0.4, -0.2) is 51.8 Å². The first kappa shape index (κ1) is 16.0. The maximum atomic E-state index is 12.0. The second kappa shape index (κ2) is 6.29. The van der Waals surface area contributed by atoms with Gasteiger partial charge >= 0.3 is 17.8 Å². The van der Waals surface area contributed by atoms with Crippen molar-refractivity contribution in [3.63, 3.8) is 0 Å². The minimum atomic E-state index is -1.01. The minimum Gasteiger partial charge on any atom is -0.460 e. The molecule has 2 N–H and O–H groups in total. The van der Waals surface area contributed by atoms with Gasteiger partial charge in [-0.05, 0) is 6.07 Å². The van der Waals surface area contributed by atoms with Crippen LogP contribution in [0.2, 0.25) is 0 Å². The van der Waals surface area contributed by atoms with E-state index in [1.807, 2.05) is 0 Å². The Morgan fingerprint density at radius 2 is 2.21 bits per heavy atom. The lowest BCUT2D eigenvalue weighted by Crippen LogP contribution is -2.34. The van der Waals surface area contributed by atoms with E-state index < -0.39 is 42.4 Å². The first-order chi connectivity index (χ1) is 11.5. The van der Waals surface area contributed by atoms with Crippen molar-refractivity contribution in [2.24, 2.45) is 0 Å². The van der Waals surface area contributed by atoms with E-state index in [1.54, 1.807) is 5.48 Å². The van der Waals surface area contributed by atoms with Crippen molar-refractivity contribution in [3.05, 3.63) is 35.4 Å². The van der Waals surface area contributed by atoms with E-state index >= 15 is 0 Å². The van der Waals surface area contributed by atoms with Gasteiger partial charge in [-0.2, -0.15) is 4.98 Å². The number of nitrogens with zero attached hydrogens (tertiary/aromatic N) is 2. The Hall–Kier alpha value is -2.92.